The molecule has 1 fully saturated rings. The highest BCUT2D eigenvalue weighted by Gasteiger charge is 2.27. The van der Waals surface area contributed by atoms with E-state index >= 15 is 0 Å². The highest BCUT2D eigenvalue weighted by atomic mass is 19.1. The van der Waals surface area contributed by atoms with Crippen LogP contribution in [0, 0.1) is 12.7 Å². The average Bonchev–Trinajstić information content (AvgIpc) is 2.96. The lowest BCUT2D eigenvalue weighted by molar-refractivity contribution is 0.0505. The van der Waals surface area contributed by atoms with E-state index in [1.807, 2.05) is 27.7 Å². The van der Waals surface area contributed by atoms with Crippen molar-refractivity contribution in [2.75, 3.05) is 6.54 Å². The Morgan fingerprint density at radius 2 is 2.04 bits per heavy atom. The number of benzene rings is 1. The molecule has 27 heavy (non-hydrogen) atoms. The molecular weight excluding hydrogens is 347 g/mol. The molecule has 4 N–H and O–H groups in total. The predicted molar refractivity (Wildman–Crippen MR) is 106 cm³/mol. The maximum absolute atomic E-state index is 13.3. The Hall–Kier alpha value is -2.15. The second-order valence-electron chi connectivity index (χ2n) is 8.09. The number of nitrogens with two attached hydrogens (primary N) is 1. The predicted octanol–water partition coefficient (Wildman–Crippen LogP) is 3.55. The summed E-state index contributed by atoms with van der Waals surface area (Å²) in [5.41, 5.74) is 6.94. The Balaban J connectivity index is 1.72. The second-order valence-corrected chi connectivity index (χ2v) is 8.09. The van der Waals surface area contributed by atoms with Crippen LogP contribution in [0.15, 0.2) is 23.2 Å². The van der Waals surface area contributed by atoms with Crippen LogP contribution in [0.4, 0.5) is 14.9 Å². The van der Waals surface area contributed by atoms with E-state index < -0.39 is 5.60 Å². The molecule has 2 atom stereocenters. The molecule has 7 heteroatoms. The fraction of sp³-hybridized carbons (Fsp3) is 0.600. The highest BCUT2D eigenvalue weighted by Crippen LogP contribution is 2.21. The molecule has 2 rings (SSSR count). The third kappa shape index (κ3) is 7.54. The number of halogens is 1. The van der Waals surface area contributed by atoms with E-state index in [-0.39, 0.29) is 18.0 Å². The van der Waals surface area contributed by atoms with Gasteiger partial charge in [0.15, 0.2) is 0 Å². The van der Waals surface area contributed by atoms with Crippen molar-refractivity contribution in [2.24, 2.45) is 10.7 Å². The van der Waals surface area contributed by atoms with E-state index in [4.69, 9.17) is 10.5 Å². The number of amides is 1. The molecule has 1 aromatic carbocycles. The van der Waals surface area contributed by atoms with Crippen LogP contribution in [-0.2, 0) is 4.74 Å². The molecule has 0 radical (unpaired) electrons. The molecule has 1 amide bonds. The van der Waals surface area contributed by atoms with Crippen LogP contribution in [0.5, 0.6) is 0 Å². The summed E-state index contributed by atoms with van der Waals surface area (Å²) in [5, 5.41) is 6.37. The summed E-state index contributed by atoms with van der Waals surface area (Å²) in [6.07, 6.45) is 2.98. The SMILES string of the molecule is Cc1ccc(F)cc1N=C(N)CCN[C@@H]1CC[C@H](NC(=O)OC(C)(C)C)C1. The monoisotopic (exact) mass is 378 g/mol. The fourth-order valence-corrected chi connectivity index (χ4v) is 3.09. The number of hydrogen-bond donors (Lipinski definition) is 3. The Labute approximate surface area is 160 Å². The van der Waals surface area contributed by atoms with Crippen LogP contribution in [0.1, 0.15) is 52.0 Å². The van der Waals surface area contributed by atoms with Gasteiger partial charge in [-0.1, -0.05) is 6.07 Å². The largest absolute Gasteiger partial charge is 0.444 e. The Morgan fingerprint density at radius 3 is 2.74 bits per heavy atom. The van der Waals surface area contributed by atoms with Gasteiger partial charge in [-0.05, 0) is 64.7 Å². The lowest BCUT2D eigenvalue weighted by Crippen LogP contribution is -2.39. The summed E-state index contributed by atoms with van der Waals surface area (Å²) in [6.45, 7) is 8.11. The molecule has 1 aromatic rings. The van der Waals surface area contributed by atoms with E-state index in [9.17, 15) is 9.18 Å². The standard InChI is InChI=1S/C20H31FN4O2/c1-13-5-6-14(21)11-17(13)25-18(22)9-10-23-15-7-8-16(12-15)24-19(26)27-20(2,3)4/h5-6,11,15-16,23H,7-10,12H2,1-4H3,(H2,22,25)(H,24,26)/t15-,16+/m1/s1. The van der Waals surface area contributed by atoms with Crippen molar-refractivity contribution in [3.05, 3.63) is 29.6 Å². The topological polar surface area (TPSA) is 88.7 Å². The average molecular weight is 378 g/mol. The zero-order valence-electron chi connectivity index (χ0n) is 16.6. The maximum Gasteiger partial charge on any atom is 0.407 e. The first-order chi connectivity index (χ1) is 12.6. The summed E-state index contributed by atoms with van der Waals surface area (Å²) in [4.78, 5) is 16.1. The van der Waals surface area contributed by atoms with E-state index in [0.29, 0.717) is 30.5 Å². The van der Waals surface area contributed by atoms with Crippen LogP contribution in [0.25, 0.3) is 0 Å². The zero-order valence-corrected chi connectivity index (χ0v) is 16.6. The first-order valence-corrected chi connectivity index (χ1v) is 9.44. The minimum absolute atomic E-state index is 0.123. The number of aliphatic imine (C=N–C) groups is 1. The summed E-state index contributed by atoms with van der Waals surface area (Å²) in [6, 6.07) is 4.94. The van der Waals surface area contributed by atoms with E-state index in [1.54, 1.807) is 6.07 Å². The van der Waals surface area contributed by atoms with Gasteiger partial charge < -0.3 is 21.1 Å². The first-order valence-electron chi connectivity index (χ1n) is 9.44. The highest BCUT2D eigenvalue weighted by molar-refractivity contribution is 5.83. The molecule has 0 spiro atoms. The van der Waals surface area contributed by atoms with Gasteiger partial charge in [-0.15, -0.1) is 0 Å². The normalized spacial score (nSPS) is 20.6. The first kappa shape index (κ1) is 21.2. The summed E-state index contributed by atoms with van der Waals surface area (Å²) in [7, 11) is 0. The molecule has 1 aliphatic carbocycles. The van der Waals surface area contributed by atoms with E-state index in [1.165, 1.54) is 12.1 Å². The number of nitrogens with one attached hydrogen (secondary N) is 2. The minimum Gasteiger partial charge on any atom is -0.444 e. The molecule has 1 aliphatic rings. The second kappa shape index (κ2) is 9.17. The third-order valence-electron chi connectivity index (χ3n) is 4.40. The summed E-state index contributed by atoms with van der Waals surface area (Å²) < 4.78 is 18.6. The van der Waals surface area contributed by atoms with Crippen LogP contribution in [-0.4, -0.2) is 36.2 Å². The molecule has 0 aliphatic heterocycles. The Bertz CT molecular complexity index is 685. The quantitative estimate of drug-likeness (QED) is 0.522. The lowest BCUT2D eigenvalue weighted by atomic mass is 10.2. The summed E-state index contributed by atoms with van der Waals surface area (Å²) >= 11 is 0. The van der Waals surface area contributed by atoms with Crippen LogP contribution in [0.2, 0.25) is 0 Å². The van der Waals surface area contributed by atoms with Crippen molar-refractivity contribution in [2.45, 2.75) is 71.1 Å². The van der Waals surface area contributed by atoms with Crippen molar-refractivity contribution < 1.29 is 13.9 Å². The number of alkyl carbamates (subject to hydrolysis) is 1. The molecule has 6 nitrogen and oxygen atoms in total. The minimum atomic E-state index is -0.489. The van der Waals surface area contributed by atoms with Crippen molar-refractivity contribution >= 4 is 17.6 Å². The van der Waals surface area contributed by atoms with Crippen LogP contribution in [0.3, 0.4) is 0 Å². The maximum atomic E-state index is 13.3. The zero-order chi connectivity index (χ0) is 20.0. The van der Waals surface area contributed by atoms with Crippen molar-refractivity contribution in [3.8, 4) is 0 Å². The third-order valence-corrected chi connectivity index (χ3v) is 4.40. The lowest BCUT2D eigenvalue weighted by Gasteiger charge is -2.21. The van der Waals surface area contributed by atoms with E-state index in [0.717, 1.165) is 24.8 Å². The van der Waals surface area contributed by atoms with Crippen LogP contribution >= 0.6 is 0 Å². The van der Waals surface area contributed by atoms with Gasteiger partial charge in [0.1, 0.15) is 17.3 Å². The number of rotatable bonds is 6. The number of carbonyl (C=O) groups is 1. The molecule has 0 unspecified atom stereocenters. The van der Waals surface area contributed by atoms with Crippen molar-refractivity contribution in [3.63, 3.8) is 0 Å². The van der Waals surface area contributed by atoms with Gasteiger partial charge in [-0.25, -0.2) is 14.2 Å². The van der Waals surface area contributed by atoms with Crippen molar-refractivity contribution in [1.29, 1.82) is 0 Å². The molecular formula is C20H31FN4O2. The van der Waals surface area contributed by atoms with E-state index in [2.05, 4.69) is 15.6 Å². The fourth-order valence-electron chi connectivity index (χ4n) is 3.09. The molecule has 150 valence electrons. The number of hydrogen-bond acceptors (Lipinski definition) is 4. The molecule has 0 saturated heterocycles. The Kier molecular flexibility index (Phi) is 7.18. The number of aryl methyl sites for hydroxylation is 1. The van der Waals surface area contributed by atoms with Gasteiger partial charge >= 0.3 is 6.09 Å². The molecule has 0 heterocycles. The van der Waals surface area contributed by atoms with Crippen LogP contribution < -0.4 is 16.4 Å². The van der Waals surface area contributed by atoms with Gasteiger partial charge in [0, 0.05) is 25.0 Å². The van der Waals surface area contributed by atoms with Gasteiger partial charge in [0.25, 0.3) is 0 Å². The number of amidine groups is 1. The Morgan fingerprint density at radius 1 is 1.33 bits per heavy atom. The smallest absolute Gasteiger partial charge is 0.407 e. The van der Waals surface area contributed by atoms with Gasteiger partial charge in [0.05, 0.1) is 5.69 Å². The van der Waals surface area contributed by atoms with Gasteiger partial charge in [0.2, 0.25) is 0 Å². The summed E-state index contributed by atoms with van der Waals surface area (Å²) in [5.74, 6) is 0.150. The molecule has 0 aromatic heterocycles. The number of nitrogens with zero attached hydrogens (tertiary/aromatic N) is 1. The van der Waals surface area contributed by atoms with Gasteiger partial charge in [-0.3, -0.25) is 0 Å². The molecule has 1 saturated carbocycles. The van der Waals surface area contributed by atoms with Gasteiger partial charge in [-0.2, -0.15) is 0 Å². The number of carbonyl (C=O) groups excluding carboxylic acids is 1. The molecule has 0 bridgehead atoms. The number of ether oxygens (including phenoxy) is 1. The van der Waals surface area contributed by atoms with Crippen molar-refractivity contribution in [1.82, 2.24) is 10.6 Å².